The highest BCUT2D eigenvalue weighted by atomic mass is 16.5. The monoisotopic (exact) mass is 298 g/mol. The lowest BCUT2D eigenvalue weighted by atomic mass is 10.0. The van der Waals surface area contributed by atoms with Crippen molar-refractivity contribution in [1.82, 2.24) is 4.90 Å². The fourth-order valence-electron chi connectivity index (χ4n) is 2.42. The van der Waals surface area contributed by atoms with E-state index in [1.54, 1.807) is 0 Å². The van der Waals surface area contributed by atoms with Crippen molar-refractivity contribution >= 4 is 0 Å². The van der Waals surface area contributed by atoms with E-state index in [4.69, 9.17) is 10.5 Å². The number of nitrogens with zero attached hydrogens (tertiary/aromatic N) is 1. The Kier molecular flexibility index (Phi) is 5.99. The summed E-state index contributed by atoms with van der Waals surface area (Å²) in [7, 11) is 2.11. The number of nitrogens with two attached hydrogens (primary N) is 1. The summed E-state index contributed by atoms with van der Waals surface area (Å²) in [5.41, 5.74) is 8.34. The third-order valence-corrected chi connectivity index (χ3v) is 4.04. The number of hydrogen-bond acceptors (Lipinski definition) is 3. The molecule has 2 aromatic carbocycles. The van der Waals surface area contributed by atoms with Gasteiger partial charge >= 0.3 is 0 Å². The molecular formula is C19H26N2O. The van der Waals surface area contributed by atoms with E-state index >= 15 is 0 Å². The molecule has 3 nitrogen and oxygen atoms in total. The average Bonchev–Trinajstić information content (AvgIpc) is 2.55. The minimum atomic E-state index is 0.239. The van der Waals surface area contributed by atoms with Crippen molar-refractivity contribution in [3.8, 4) is 5.75 Å². The topological polar surface area (TPSA) is 38.5 Å². The molecule has 0 saturated heterocycles. The number of ether oxygens (including phenoxy) is 1. The smallest absolute Gasteiger partial charge is 0.119 e. The van der Waals surface area contributed by atoms with Gasteiger partial charge in [-0.25, -0.2) is 0 Å². The summed E-state index contributed by atoms with van der Waals surface area (Å²) < 4.78 is 5.82. The summed E-state index contributed by atoms with van der Waals surface area (Å²) in [6.45, 7) is 5.56. The molecule has 22 heavy (non-hydrogen) atoms. The molecule has 0 spiro atoms. The predicted octanol–water partition coefficient (Wildman–Crippen LogP) is 3.61. The Morgan fingerprint density at radius 2 is 1.64 bits per heavy atom. The molecule has 0 aromatic heterocycles. The van der Waals surface area contributed by atoms with Crippen LogP contribution in [-0.2, 0) is 6.61 Å². The first kappa shape index (κ1) is 16.5. The van der Waals surface area contributed by atoms with Crippen LogP contribution in [0, 0.1) is 0 Å². The van der Waals surface area contributed by atoms with Crippen LogP contribution >= 0.6 is 0 Å². The molecule has 0 saturated carbocycles. The second-order valence-corrected chi connectivity index (χ2v) is 5.85. The zero-order valence-corrected chi connectivity index (χ0v) is 13.7. The Bertz CT molecular complexity index is 551. The van der Waals surface area contributed by atoms with E-state index in [2.05, 4.69) is 50.1 Å². The summed E-state index contributed by atoms with van der Waals surface area (Å²) >= 11 is 0. The molecule has 118 valence electrons. The highest BCUT2D eigenvalue weighted by molar-refractivity contribution is 5.30. The fraction of sp³-hybridized carbons (Fsp3) is 0.368. The normalized spacial score (nSPS) is 12.6. The van der Waals surface area contributed by atoms with Gasteiger partial charge in [0.25, 0.3) is 0 Å². The van der Waals surface area contributed by atoms with Crippen LogP contribution in [0.1, 0.15) is 31.0 Å². The molecule has 3 heteroatoms. The van der Waals surface area contributed by atoms with Crippen LogP contribution in [0.5, 0.6) is 5.75 Å². The molecule has 2 N–H and O–H groups in total. The Labute approximate surface area is 133 Å². The van der Waals surface area contributed by atoms with Crippen molar-refractivity contribution in [3.63, 3.8) is 0 Å². The van der Waals surface area contributed by atoms with Crippen LogP contribution in [0.4, 0.5) is 0 Å². The maximum absolute atomic E-state index is 5.94. The van der Waals surface area contributed by atoms with E-state index in [1.807, 2.05) is 30.3 Å². The van der Waals surface area contributed by atoms with Crippen molar-refractivity contribution in [2.24, 2.45) is 5.73 Å². The molecule has 0 fully saturated rings. The molecular weight excluding hydrogens is 272 g/mol. The largest absolute Gasteiger partial charge is 0.489 e. The molecule has 0 aliphatic heterocycles. The van der Waals surface area contributed by atoms with E-state index in [9.17, 15) is 0 Å². The van der Waals surface area contributed by atoms with Gasteiger partial charge in [0.2, 0.25) is 0 Å². The molecule has 2 rings (SSSR count). The molecule has 0 heterocycles. The van der Waals surface area contributed by atoms with Crippen molar-refractivity contribution < 1.29 is 4.74 Å². The van der Waals surface area contributed by atoms with Gasteiger partial charge < -0.3 is 10.5 Å². The van der Waals surface area contributed by atoms with Crippen LogP contribution in [-0.4, -0.2) is 24.5 Å². The van der Waals surface area contributed by atoms with Gasteiger partial charge in [0, 0.05) is 18.6 Å². The molecule has 1 unspecified atom stereocenters. The summed E-state index contributed by atoms with van der Waals surface area (Å²) in [5.74, 6) is 0.885. The summed E-state index contributed by atoms with van der Waals surface area (Å²) in [6.07, 6.45) is 0. The van der Waals surface area contributed by atoms with Gasteiger partial charge in [-0.15, -0.1) is 0 Å². The van der Waals surface area contributed by atoms with Crippen molar-refractivity contribution in [2.45, 2.75) is 32.5 Å². The average molecular weight is 298 g/mol. The third-order valence-electron chi connectivity index (χ3n) is 4.04. The molecule has 0 amide bonds. The number of likely N-dealkylation sites (N-methyl/N-ethyl adjacent to an activating group) is 1. The van der Waals surface area contributed by atoms with Gasteiger partial charge in [-0.2, -0.15) is 0 Å². The second-order valence-electron chi connectivity index (χ2n) is 5.85. The second kappa shape index (κ2) is 7.97. The lowest BCUT2D eigenvalue weighted by molar-refractivity contribution is 0.201. The molecule has 0 aliphatic carbocycles. The number of rotatable bonds is 7. The Hall–Kier alpha value is -1.84. The number of hydrogen-bond donors (Lipinski definition) is 1. The molecule has 0 bridgehead atoms. The van der Waals surface area contributed by atoms with E-state index in [0.29, 0.717) is 19.2 Å². The maximum Gasteiger partial charge on any atom is 0.119 e. The van der Waals surface area contributed by atoms with Gasteiger partial charge in [0.1, 0.15) is 12.4 Å². The zero-order valence-electron chi connectivity index (χ0n) is 13.7. The Morgan fingerprint density at radius 1 is 1.00 bits per heavy atom. The van der Waals surface area contributed by atoms with Gasteiger partial charge in [0.05, 0.1) is 0 Å². The maximum atomic E-state index is 5.94. The summed E-state index contributed by atoms with van der Waals surface area (Å²) in [5, 5.41) is 0. The van der Waals surface area contributed by atoms with Crippen molar-refractivity contribution in [2.75, 3.05) is 13.6 Å². The number of benzene rings is 2. The van der Waals surface area contributed by atoms with Crippen molar-refractivity contribution in [1.29, 1.82) is 0 Å². The molecule has 0 aliphatic rings. The van der Waals surface area contributed by atoms with Gasteiger partial charge in [-0.3, -0.25) is 4.90 Å². The summed E-state index contributed by atoms with van der Waals surface area (Å²) in [4.78, 5) is 2.29. The minimum Gasteiger partial charge on any atom is -0.489 e. The van der Waals surface area contributed by atoms with Crippen LogP contribution < -0.4 is 10.5 Å². The van der Waals surface area contributed by atoms with E-state index in [0.717, 1.165) is 5.75 Å². The van der Waals surface area contributed by atoms with Crippen molar-refractivity contribution in [3.05, 3.63) is 65.7 Å². The lowest BCUT2D eigenvalue weighted by Crippen LogP contribution is -2.35. The molecule has 1 atom stereocenters. The van der Waals surface area contributed by atoms with Crippen LogP contribution in [0.25, 0.3) is 0 Å². The summed E-state index contributed by atoms with van der Waals surface area (Å²) in [6, 6.07) is 19.1. The predicted molar refractivity (Wildman–Crippen MR) is 91.9 cm³/mol. The Morgan fingerprint density at radius 3 is 2.18 bits per heavy atom. The van der Waals surface area contributed by atoms with E-state index in [1.165, 1.54) is 11.1 Å². The Balaban J connectivity index is 2.00. The fourth-order valence-corrected chi connectivity index (χ4v) is 2.42. The van der Waals surface area contributed by atoms with E-state index < -0.39 is 0 Å². The highest BCUT2D eigenvalue weighted by Gasteiger charge is 2.17. The minimum absolute atomic E-state index is 0.239. The molecule has 0 radical (unpaired) electrons. The van der Waals surface area contributed by atoms with E-state index in [-0.39, 0.29) is 6.04 Å². The quantitative estimate of drug-likeness (QED) is 0.848. The first-order valence-corrected chi connectivity index (χ1v) is 7.80. The van der Waals surface area contributed by atoms with Gasteiger partial charge in [-0.05, 0) is 44.2 Å². The van der Waals surface area contributed by atoms with Crippen LogP contribution in [0.3, 0.4) is 0 Å². The van der Waals surface area contributed by atoms with Gasteiger partial charge in [0.15, 0.2) is 0 Å². The third kappa shape index (κ3) is 4.33. The first-order valence-electron chi connectivity index (χ1n) is 7.80. The van der Waals surface area contributed by atoms with Gasteiger partial charge in [-0.1, -0.05) is 42.5 Å². The first-order chi connectivity index (χ1) is 10.6. The molecule has 2 aromatic rings. The standard InChI is InChI=1S/C19H26N2O/c1-15(2)21(3)19(13-20)17-9-11-18(12-10-17)22-14-16-7-5-4-6-8-16/h4-12,15,19H,13-14,20H2,1-3H3. The zero-order chi connectivity index (χ0) is 15.9. The van der Waals surface area contributed by atoms with Crippen LogP contribution in [0.2, 0.25) is 0 Å². The lowest BCUT2D eigenvalue weighted by Gasteiger charge is -2.30. The SMILES string of the molecule is CC(C)N(C)C(CN)c1ccc(OCc2ccccc2)cc1. The highest BCUT2D eigenvalue weighted by Crippen LogP contribution is 2.23. The van der Waals surface area contributed by atoms with Crippen LogP contribution in [0.15, 0.2) is 54.6 Å².